The molecule has 0 bridgehead atoms. The maximum absolute atomic E-state index is 5.20. The molecule has 0 saturated carbocycles. The van der Waals surface area contributed by atoms with Crippen LogP contribution in [0.25, 0.3) is 0 Å². The van der Waals surface area contributed by atoms with Gasteiger partial charge in [-0.15, -0.1) is 11.3 Å². The standard InChI is InChI=1S/C11H19N3S2/c1-5-9-6-12-10(16-9)8(4)14-11(15)13-7(2)3/h6-8H,5H2,1-4H3,(H2,13,14,15). The van der Waals surface area contributed by atoms with Crippen molar-refractivity contribution in [3.05, 3.63) is 16.1 Å². The number of aryl methyl sites for hydroxylation is 1. The molecule has 0 aromatic carbocycles. The van der Waals surface area contributed by atoms with Gasteiger partial charge in [-0.3, -0.25) is 0 Å². The molecular formula is C11H19N3S2. The van der Waals surface area contributed by atoms with E-state index in [1.165, 1.54) is 4.88 Å². The Bertz CT molecular complexity index is 347. The Morgan fingerprint density at radius 3 is 2.62 bits per heavy atom. The molecule has 1 heterocycles. The van der Waals surface area contributed by atoms with Crippen LogP contribution in [-0.2, 0) is 6.42 Å². The van der Waals surface area contributed by atoms with Crippen molar-refractivity contribution in [2.75, 3.05) is 0 Å². The number of thiazole rings is 1. The fourth-order valence-corrected chi connectivity index (χ4v) is 2.52. The van der Waals surface area contributed by atoms with Gasteiger partial charge in [0.2, 0.25) is 0 Å². The van der Waals surface area contributed by atoms with E-state index in [0.717, 1.165) is 11.4 Å². The Balaban J connectivity index is 2.51. The molecule has 0 aliphatic heterocycles. The first-order valence-corrected chi connectivity index (χ1v) is 6.77. The molecule has 0 spiro atoms. The Kier molecular flexibility index (Phi) is 5.15. The lowest BCUT2D eigenvalue weighted by Crippen LogP contribution is -2.40. The maximum atomic E-state index is 5.20. The smallest absolute Gasteiger partial charge is 0.167 e. The van der Waals surface area contributed by atoms with Crippen LogP contribution in [0.2, 0.25) is 0 Å². The number of nitrogens with one attached hydrogen (secondary N) is 2. The Hall–Kier alpha value is -0.680. The van der Waals surface area contributed by atoms with Crippen LogP contribution in [0.1, 0.15) is 43.6 Å². The summed E-state index contributed by atoms with van der Waals surface area (Å²) in [5.74, 6) is 0. The van der Waals surface area contributed by atoms with E-state index < -0.39 is 0 Å². The molecule has 2 N–H and O–H groups in total. The van der Waals surface area contributed by atoms with Gasteiger partial charge in [0, 0.05) is 17.1 Å². The van der Waals surface area contributed by atoms with Gasteiger partial charge in [0.1, 0.15) is 5.01 Å². The average molecular weight is 257 g/mol. The van der Waals surface area contributed by atoms with Crippen LogP contribution in [0.4, 0.5) is 0 Å². The van der Waals surface area contributed by atoms with Gasteiger partial charge < -0.3 is 10.6 Å². The largest absolute Gasteiger partial charge is 0.361 e. The fraction of sp³-hybridized carbons (Fsp3) is 0.636. The Labute approximate surface area is 107 Å². The molecule has 1 atom stereocenters. The quantitative estimate of drug-likeness (QED) is 0.813. The molecule has 0 saturated heterocycles. The van der Waals surface area contributed by atoms with Crippen molar-refractivity contribution in [2.45, 2.75) is 46.2 Å². The molecule has 5 heteroatoms. The van der Waals surface area contributed by atoms with E-state index in [2.05, 4.69) is 43.3 Å². The van der Waals surface area contributed by atoms with Crippen molar-refractivity contribution in [2.24, 2.45) is 0 Å². The summed E-state index contributed by atoms with van der Waals surface area (Å²) in [5.41, 5.74) is 0. The molecule has 0 amide bonds. The van der Waals surface area contributed by atoms with Crippen LogP contribution in [-0.4, -0.2) is 16.1 Å². The molecule has 3 nitrogen and oxygen atoms in total. The number of hydrogen-bond acceptors (Lipinski definition) is 3. The highest BCUT2D eigenvalue weighted by atomic mass is 32.1. The van der Waals surface area contributed by atoms with Gasteiger partial charge >= 0.3 is 0 Å². The van der Waals surface area contributed by atoms with Crippen molar-refractivity contribution in [3.63, 3.8) is 0 Å². The molecule has 1 aromatic rings. The minimum absolute atomic E-state index is 0.170. The van der Waals surface area contributed by atoms with Gasteiger partial charge in [-0.1, -0.05) is 6.92 Å². The van der Waals surface area contributed by atoms with E-state index >= 15 is 0 Å². The average Bonchev–Trinajstić information content (AvgIpc) is 2.64. The van der Waals surface area contributed by atoms with Crippen LogP contribution < -0.4 is 10.6 Å². The van der Waals surface area contributed by atoms with Gasteiger partial charge in [0.15, 0.2) is 5.11 Å². The van der Waals surface area contributed by atoms with E-state index in [1.807, 2.05) is 6.20 Å². The fourth-order valence-electron chi connectivity index (χ4n) is 1.25. The van der Waals surface area contributed by atoms with Gasteiger partial charge in [-0.2, -0.15) is 0 Å². The molecule has 1 aromatic heterocycles. The number of nitrogens with zero attached hydrogens (tertiary/aromatic N) is 1. The van der Waals surface area contributed by atoms with E-state index in [-0.39, 0.29) is 6.04 Å². The van der Waals surface area contributed by atoms with Crippen molar-refractivity contribution < 1.29 is 0 Å². The van der Waals surface area contributed by atoms with Crippen LogP contribution in [0, 0.1) is 0 Å². The van der Waals surface area contributed by atoms with Crippen LogP contribution in [0.5, 0.6) is 0 Å². The summed E-state index contributed by atoms with van der Waals surface area (Å²) in [6, 6.07) is 0.527. The second-order valence-corrected chi connectivity index (χ2v) is 5.57. The van der Waals surface area contributed by atoms with Gasteiger partial charge in [0.05, 0.1) is 6.04 Å². The molecule has 0 fully saturated rings. The highest BCUT2D eigenvalue weighted by Crippen LogP contribution is 2.19. The normalized spacial score (nSPS) is 12.6. The maximum Gasteiger partial charge on any atom is 0.167 e. The lowest BCUT2D eigenvalue weighted by molar-refractivity contribution is 0.661. The number of thiocarbonyl (C=S) groups is 1. The minimum Gasteiger partial charge on any atom is -0.361 e. The molecular weight excluding hydrogens is 238 g/mol. The van der Waals surface area contributed by atoms with Crippen molar-refractivity contribution >= 4 is 28.7 Å². The van der Waals surface area contributed by atoms with Crippen LogP contribution >= 0.6 is 23.6 Å². The lowest BCUT2D eigenvalue weighted by Gasteiger charge is -2.16. The third-order valence-corrected chi connectivity index (χ3v) is 3.62. The van der Waals surface area contributed by atoms with Crippen molar-refractivity contribution in [3.8, 4) is 0 Å². The molecule has 90 valence electrons. The summed E-state index contributed by atoms with van der Waals surface area (Å²) in [5, 5.41) is 8.17. The molecule has 0 aliphatic rings. The van der Waals surface area contributed by atoms with Crippen LogP contribution in [0.15, 0.2) is 6.20 Å². The topological polar surface area (TPSA) is 37.0 Å². The number of hydrogen-bond donors (Lipinski definition) is 2. The Morgan fingerprint density at radius 2 is 2.12 bits per heavy atom. The highest BCUT2D eigenvalue weighted by molar-refractivity contribution is 7.80. The van der Waals surface area contributed by atoms with Gasteiger partial charge in [-0.25, -0.2) is 4.98 Å². The minimum atomic E-state index is 0.170. The predicted octanol–water partition coefficient (Wildman–Crippen LogP) is 2.64. The third kappa shape index (κ3) is 4.06. The molecule has 0 radical (unpaired) electrons. The summed E-state index contributed by atoms with van der Waals surface area (Å²) in [6.07, 6.45) is 2.98. The molecule has 1 rings (SSSR count). The second kappa shape index (κ2) is 6.15. The van der Waals surface area contributed by atoms with E-state index in [9.17, 15) is 0 Å². The van der Waals surface area contributed by atoms with Crippen LogP contribution in [0.3, 0.4) is 0 Å². The first-order chi connectivity index (χ1) is 7.52. The zero-order valence-electron chi connectivity index (χ0n) is 10.2. The number of rotatable bonds is 4. The summed E-state index contributed by atoms with van der Waals surface area (Å²) in [4.78, 5) is 5.70. The lowest BCUT2D eigenvalue weighted by atomic mass is 10.3. The summed E-state index contributed by atoms with van der Waals surface area (Å²) in [6.45, 7) is 8.35. The SMILES string of the molecule is CCc1cnc(C(C)NC(=S)NC(C)C)s1. The molecule has 1 unspecified atom stereocenters. The highest BCUT2D eigenvalue weighted by Gasteiger charge is 2.11. The second-order valence-electron chi connectivity index (χ2n) is 4.01. The predicted molar refractivity (Wildman–Crippen MR) is 73.9 cm³/mol. The van der Waals surface area contributed by atoms with E-state index in [0.29, 0.717) is 11.2 Å². The summed E-state index contributed by atoms with van der Waals surface area (Å²) < 4.78 is 0. The molecule has 16 heavy (non-hydrogen) atoms. The summed E-state index contributed by atoms with van der Waals surface area (Å²) in [7, 11) is 0. The van der Waals surface area contributed by atoms with Crippen molar-refractivity contribution in [1.82, 2.24) is 15.6 Å². The Morgan fingerprint density at radius 1 is 1.44 bits per heavy atom. The third-order valence-electron chi connectivity index (χ3n) is 2.06. The van der Waals surface area contributed by atoms with Crippen molar-refractivity contribution in [1.29, 1.82) is 0 Å². The molecule has 0 aliphatic carbocycles. The first-order valence-electron chi connectivity index (χ1n) is 5.54. The zero-order valence-corrected chi connectivity index (χ0v) is 11.8. The zero-order chi connectivity index (χ0) is 12.1. The van der Waals surface area contributed by atoms with Gasteiger partial charge in [-0.05, 0) is 39.4 Å². The monoisotopic (exact) mass is 257 g/mol. The van der Waals surface area contributed by atoms with Gasteiger partial charge in [0.25, 0.3) is 0 Å². The number of aromatic nitrogens is 1. The van der Waals surface area contributed by atoms with E-state index in [1.54, 1.807) is 11.3 Å². The summed E-state index contributed by atoms with van der Waals surface area (Å²) >= 11 is 6.94. The first kappa shape index (κ1) is 13.4. The van der Waals surface area contributed by atoms with E-state index in [4.69, 9.17) is 12.2 Å².